The van der Waals surface area contributed by atoms with E-state index in [0.29, 0.717) is 18.5 Å². The van der Waals surface area contributed by atoms with Gasteiger partial charge in [-0.15, -0.1) is 0 Å². The number of nitrogens with one attached hydrogen (secondary N) is 1. The van der Waals surface area contributed by atoms with E-state index in [1.54, 1.807) is 24.3 Å². The number of anilines is 1. The summed E-state index contributed by atoms with van der Waals surface area (Å²) in [4.78, 5) is 2.39. The van der Waals surface area contributed by atoms with Crippen molar-refractivity contribution in [2.45, 2.75) is 58.0 Å². The highest BCUT2D eigenvalue weighted by atomic mass is 32.2. The lowest BCUT2D eigenvalue weighted by molar-refractivity contribution is 0.155. The molecule has 0 unspecified atom stereocenters. The molecule has 7 heteroatoms. The van der Waals surface area contributed by atoms with Crippen molar-refractivity contribution in [3.63, 3.8) is 0 Å². The third-order valence-electron chi connectivity index (χ3n) is 4.61. The van der Waals surface area contributed by atoms with Gasteiger partial charge < -0.3 is 10.0 Å². The minimum atomic E-state index is -3.29. The van der Waals surface area contributed by atoms with Gasteiger partial charge in [0, 0.05) is 5.69 Å². The van der Waals surface area contributed by atoms with Gasteiger partial charge in [0.15, 0.2) is 0 Å². The number of halogens is 1. The fourth-order valence-corrected chi connectivity index (χ4v) is 3.61. The van der Waals surface area contributed by atoms with Crippen LogP contribution in [0.1, 0.15) is 63.5 Å². The molecule has 1 rings (SSSR count). The lowest BCUT2D eigenvalue weighted by Gasteiger charge is -2.21. The second-order valence-electron chi connectivity index (χ2n) is 7.05. The Morgan fingerprint density at radius 1 is 1.04 bits per heavy atom. The first kappa shape index (κ1) is 23.9. The van der Waals surface area contributed by atoms with Crippen molar-refractivity contribution in [1.82, 2.24) is 4.90 Å². The van der Waals surface area contributed by atoms with Crippen molar-refractivity contribution >= 4 is 15.7 Å². The molecule has 0 spiro atoms. The monoisotopic (exact) mass is 402 g/mol. The van der Waals surface area contributed by atoms with Crippen LogP contribution in [-0.2, 0) is 10.0 Å². The molecule has 156 valence electrons. The van der Waals surface area contributed by atoms with Gasteiger partial charge >= 0.3 is 0 Å². The Morgan fingerprint density at radius 3 is 2.22 bits per heavy atom. The largest absolute Gasteiger partial charge is 0.388 e. The first-order valence-electron chi connectivity index (χ1n) is 9.90. The Morgan fingerprint density at radius 2 is 1.63 bits per heavy atom. The van der Waals surface area contributed by atoms with Crippen molar-refractivity contribution in [3.8, 4) is 0 Å². The lowest BCUT2D eigenvalue weighted by atomic mass is 10.0. The zero-order valence-corrected chi connectivity index (χ0v) is 17.5. The van der Waals surface area contributed by atoms with Crippen LogP contribution in [0.5, 0.6) is 0 Å². The molecule has 1 aromatic rings. The fourth-order valence-electron chi connectivity index (χ4n) is 3.05. The van der Waals surface area contributed by atoms with E-state index in [2.05, 4.69) is 16.5 Å². The lowest BCUT2D eigenvalue weighted by Crippen LogP contribution is -2.26. The fraction of sp³-hybridized carbons (Fsp3) is 0.700. The predicted molar refractivity (Wildman–Crippen MR) is 110 cm³/mol. The number of aliphatic hydroxyl groups is 1. The average molecular weight is 403 g/mol. The van der Waals surface area contributed by atoms with E-state index in [4.69, 9.17) is 0 Å². The minimum Gasteiger partial charge on any atom is -0.388 e. The van der Waals surface area contributed by atoms with E-state index in [1.165, 1.54) is 0 Å². The van der Waals surface area contributed by atoms with E-state index >= 15 is 0 Å². The number of unbranched alkanes of at least 4 members (excludes halogenated alkanes) is 4. The topological polar surface area (TPSA) is 69.6 Å². The Balaban J connectivity index is 2.28. The highest BCUT2D eigenvalue weighted by molar-refractivity contribution is 7.92. The summed E-state index contributed by atoms with van der Waals surface area (Å²) in [5.74, 6) is 0. The Bertz CT molecular complexity index is 608. The van der Waals surface area contributed by atoms with Gasteiger partial charge in [-0.2, -0.15) is 0 Å². The number of rotatable bonds is 15. The van der Waals surface area contributed by atoms with Gasteiger partial charge in [0.05, 0.1) is 19.0 Å². The van der Waals surface area contributed by atoms with Crippen LogP contribution in [0.25, 0.3) is 0 Å². The van der Waals surface area contributed by atoms with Gasteiger partial charge in [0.2, 0.25) is 10.0 Å². The smallest absolute Gasteiger partial charge is 0.229 e. The Hall–Kier alpha value is -1.18. The summed E-state index contributed by atoms with van der Waals surface area (Å²) in [6.45, 7) is 4.93. The van der Waals surface area contributed by atoms with Crippen molar-refractivity contribution in [3.05, 3.63) is 29.8 Å². The number of nitrogens with zero attached hydrogens (tertiary/aromatic N) is 1. The van der Waals surface area contributed by atoms with Crippen LogP contribution in [-0.4, -0.2) is 51.0 Å². The molecule has 0 bridgehead atoms. The second-order valence-corrected chi connectivity index (χ2v) is 8.79. The van der Waals surface area contributed by atoms with Crippen LogP contribution in [0.2, 0.25) is 0 Å². The predicted octanol–water partition coefficient (Wildman–Crippen LogP) is 4.11. The summed E-state index contributed by atoms with van der Waals surface area (Å²) in [7, 11) is -3.29. The maximum atomic E-state index is 12.0. The van der Waals surface area contributed by atoms with Gasteiger partial charge in [-0.25, -0.2) is 8.42 Å². The highest BCUT2D eigenvalue weighted by Gasteiger charge is 2.10. The standard InChI is InChI=1S/C20H35FN2O3S/c1-3-23(16-8-6-4-5-7-15-21)17-9-10-20(24)18-11-13-19(14-12-18)22-27(2,25)26/h11-14,20,22,24H,3-10,15-17H2,1-2H3/t20-/m0/s1. The summed E-state index contributed by atoms with van der Waals surface area (Å²) in [5.41, 5.74) is 1.29. The SMILES string of the molecule is CCN(CCCCCCCF)CCC[C@H](O)c1ccc(NS(C)(=O)=O)cc1. The molecule has 2 N–H and O–H groups in total. The number of aliphatic hydroxyl groups excluding tert-OH is 1. The van der Waals surface area contributed by atoms with Gasteiger partial charge in [-0.3, -0.25) is 9.11 Å². The molecule has 0 aliphatic carbocycles. The molecular weight excluding hydrogens is 367 g/mol. The number of sulfonamides is 1. The molecule has 0 aliphatic heterocycles. The molecule has 1 aromatic carbocycles. The molecule has 1 atom stereocenters. The first-order chi connectivity index (χ1) is 12.9. The zero-order valence-electron chi connectivity index (χ0n) is 16.7. The highest BCUT2D eigenvalue weighted by Crippen LogP contribution is 2.21. The summed E-state index contributed by atoms with van der Waals surface area (Å²) < 4.78 is 36.9. The summed E-state index contributed by atoms with van der Waals surface area (Å²) in [6.07, 6.45) is 7.19. The summed E-state index contributed by atoms with van der Waals surface area (Å²) in [5, 5.41) is 10.3. The molecule has 0 fully saturated rings. The Kier molecular flexibility index (Phi) is 11.6. The van der Waals surface area contributed by atoms with Gasteiger partial charge in [-0.05, 0) is 63.0 Å². The van der Waals surface area contributed by atoms with Crippen molar-refractivity contribution in [1.29, 1.82) is 0 Å². The van der Waals surface area contributed by atoms with Crippen molar-refractivity contribution in [2.24, 2.45) is 0 Å². The molecule has 27 heavy (non-hydrogen) atoms. The third kappa shape index (κ3) is 11.3. The molecule has 0 radical (unpaired) electrons. The molecule has 0 aromatic heterocycles. The van der Waals surface area contributed by atoms with E-state index < -0.39 is 16.1 Å². The molecule has 0 saturated heterocycles. The second kappa shape index (κ2) is 13.1. The number of hydrogen-bond donors (Lipinski definition) is 2. The van der Waals surface area contributed by atoms with Crippen LogP contribution in [0.15, 0.2) is 24.3 Å². The minimum absolute atomic E-state index is 0.208. The van der Waals surface area contributed by atoms with Crippen LogP contribution in [0.3, 0.4) is 0 Å². The van der Waals surface area contributed by atoms with Gasteiger partial charge in [0.25, 0.3) is 0 Å². The van der Waals surface area contributed by atoms with E-state index in [1.807, 2.05) is 0 Å². The molecular formula is C20H35FN2O3S. The quantitative estimate of drug-likeness (QED) is 0.433. The zero-order chi connectivity index (χ0) is 20.1. The molecule has 0 heterocycles. The van der Waals surface area contributed by atoms with Crippen molar-refractivity contribution in [2.75, 3.05) is 37.3 Å². The maximum absolute atomic E-state index is 12.0. The average Bonchev–Trinajstić information content (AvgIpc) is 2.62. The summed E-state index contributed by atoms with van der Waals surface area (Å²) >= 11 is 0. The molecule has 0 saturated carbocycles. The van der Waals surface area contributed by atoms with Crippen molar-refractivity contribution < 1.29 is 17.9 Å². The number of hydrogen-bond acceptors (Lipinski definition) is 4. The van der Waals surface area contributed by atoms with Crippen LogP contribution < -0.4 is 4.72 Å². The third-order valence-corrected chi connectivity index (χ3v) is 5.21. The van der Waals surface area contributed by atoms with Crippen LogP contribution in [0, 0.1) is 0 Å². The first-order valence-corrected chi connectivity index (χ1v) is 11.8. The maximum Gasteiger partial charge on any atom is 0.229 e. The Labute approximate surface area is 164 Å². The molecule has 0 aliphatic rings. The van der Waals surface area contributed by atoms with Crippen LogP contribution in [0.4, 0.5) is 10.1 Å². The molecule has 0 amide bonds. The van der Waals surface area contributed by atoms with Gasteiger partial charge in [-0.1, -0.05) is 38.3 Å². The molecule has 5 nitrogen and oxygen atoms in total. The van der Waals surface area contributed by atoms with Gasteiger partial charge in [0.1, 0.15) is 0 Å². The normalized spacial score (nSPS) is 13.1. The van der Waals surface area contributed by atoms with Crippen LogP contribution >= 0.6 is 0 Å². The number of benzene rings is 1. The van der Waals surface area contributed by atoms with E-state index in [-0.39, 0.29) is 6.67 Å². The summed E-state index contributed by atoms with van der Waals surface area (Å²) in [6, 6.07) is 6.85. The van der Waals surface area contributed by atoms with E-state index in [9.17, 15) is 17.9 Å². The number of alkyl halides is 1. The van der Waals surface area contributed by atoms with E-state index in [0.717, 1.165) is 63.6 Å².